The van der Waals surface area contributed by atoms with Gasteiger partial charge < -0.3 is 16.4 Å². The molecule has 21 heavy (non-hydrogen) atoms. The Hall–Kier alpha value is -2.63. The first kappa shape index (κ1) is 14.8. The molecule has 0 aliphatic heterocycles. The van der Waals surface area contributed by atoms with Gasteiger partial charge in [-0.25, -0.2) is 0 Å². The minimum Gasteiger partial charge on any atom is -0.397 e. The zero-order valence-corrected chi connectivity index (χ0v) is 11.8. The average molecular weight is 286 g/mol. The van der Waals surface area contributed by atoms with Gasteiger partial charge in [-0.05, 0) is 12.1 Å². The van der Waals surface area contributed by atoms with Crippen molar-refractivity contribution in [1.29, 1.82) is 0 Å². The number of hydrogen-bond donors (Lipinski definition) is 3. The van der Waals surface area contributed by atoms with Gasteiger partial charge in [0, 0.05) is 25.4 Å². The third kappa shape index (κ3) is 4.17. The van der Waals surface area contributed by atoms with Gasteiger partial charge in [-0.3, -0.25) is 14.6 Å². The fraction of sp³-hybridized carbons (Fsp3) is 0.267. The number of benzene rings is 1. The highest BCUT2D eigenvalue weighted by Gasteiger charge is 2.06. The Morgan fingerprint density at radius 3 is 2.67 bits per heavy atom. The van der Waals surface area contributed by atoms with Crippen LogP contribution >= 0.6 is 0 Å². The van der Waals surface area contributed by atoms with Crippen molar-refractivity contribution in [1.82, 2.24) is 15.6 Å². The van der Waals surface area contributed by atoms with Crippen LogP contribution in [0, 0.1) is 0 Å². The molecule has 1 heterocycles. The summed E-state index contributed by atoms with van der Waals surface area (Å²) in [5, 5.41) is 6.28. The number of carbonyl (C=O) groups is 2. The highest BCUT2D eigenvalue weighted by atomic mass is 16.2. The van der Waals surface area contributed by atoms with E-state index in [-0.39, 0.29) is 18.2 Å². The van der Waals surface area contributed by atoms with Crippen LogP contribution in [0.5, 0.6) is 0 Å². The van der Waals surface area contributed by atoms with E-state index in [1.54, 1.807) is 6.07 Å². The lowest BCUT2D eigenvalue weighted by Crippen LogP contribution is -2.34. The summed E-state index contributed by atoms with van der Waals surface area (Å²) >= 11 is 0. The maximum atomic E-state index is 11.8. The smallest absolute Gasteiger partial charge is 0.226 e. The summed E-state index contributed by atoms with van der Waals surface area (Å²) in [4.78, 5) is 26.9. The van der Waals surface area contributed by atoms with E-state index in [9.17, 15) is 9.59 Å². The maximum Gasteiger partial charge on any atom is 0.226 e. The molecule has 110 valence electrons. The number of amides is 2. The second-order valence-electron chi connectivity index (χ2n) is 4.73. The first-order valence-corrected chi connectivity index (χ1v) is 6.71. The molecule has 0 spiro atoms. The number of fused-ring (bicyclic) bond motifs is 1. The number of aromatic nitrogens is 1. The van der Waals surface area contributed by atoms with E-state index in [4.69, 9.17) is 5.73 Å². The third-order valence-electron chi connectivity index (χ3n) is 2.97. The summed E-state index contributed by atoms with van der Waals surface area (Å²) in [5.74, 6) is -0.252. The van der Waals surface area contributed by atoms with E-state index in [1.807, 2.05) is 24.3 Å². The minimum absolute atomic E-state index is 0.115. The van der Waals surface area contributed by atoms with Gasteiger partial charge in [-0.2, -0.15) is 0 Å². The molecule has 2 rings (SSSR count). The molecule has 0 saturated carbocycles. The van der Waals surface area contributed by atoms with Gasteiger partial charge in [0.15, 0.2) is 0 Å². The number of nitrogens with one attached hydrogen (secondary N) is 2. The standard InChI is InChI=1S/C15H18N4O2/c1-10(20)17-7-8-18-14(21)9-12-6-5-11-3-2-4-13(16)15(11)19-12/h2-6H,7-9,16H2,1H3,(H,17,20)(H,18,21). The summed E-state index contributed by atoms with van der Waals surface area (Å²) < 4.78 is 0. The highest BCUT2D eigenvalue weighted by molar-refractivity contribution is 5.89. The van der Waals surface area contributed by atoms with Crippen molar-refractivity contribution >= 4 is 28.4 Å². The lowest BCUT2D eigenvalue weighted by molar-refractivity contribution is -0.121. The summed E-state index contributed by atoms with van der Waals surface area (Å²) in [6.07, 6.45) is 0.185. The molecule has 0 unspecified atom stereocenters. The van der Waals surface area contributed by atoms with Gasteiger partial charge in [0.1, 0.15) is 0 Å². The van der Waals surface area contributed by atoms with E-state index < -0.39 is 0 Å². The highest BCUT2D eigenvalue weighted by Crippen LogP contribution is 2.18. The van der Waals surface area contributed by atoms with E-state index in [2.05, 4.69) is 15.6 Å². The van der Waals surface area contributed by atoms with Gasteiger partial charge >= 0.3 is 0 Å². The monoisotopic (exact) mass is 286 g/mol. The number of rotatable bonds is 5. The van der Waals surface area contributed by atoms with Gasteiger partial charge in [0.05, 0.1) is 23.3 Å². The van der Waals surface area contributed by atoms with Crippen LogP contribution in [-0.4, -0.2) is 29.9 Å². The number of anilines is 1. The number of para-hydroxylation sites is 1. The number of pyridine rings is 1. The van der Waals surface area contributed by atoms with Crippen LogP contribution in [0.4, 0.5) is 5.69 Å². The maximum absolute atomic E-state index is 11.8. The zero-order chi connectivity index (χ0) is 15.2. The Morgan fingerprint density at radius 1 is 1.14 bits per heavy atom. The van der Waals surface area contributed by atoms with Crippen LogP contribution in [0.2, 0.25) is 0 Å². The molecule has 0 saturated heterocycles. The van der Waals surface area contributed by atoms with E-state index >= 15 is 0 Å². The van der Waals surface area contributed by atoms with Crippen LogP contribution in [0.3, 0.4) is 0 Å². The molecule has 1 aromatic carbocycles. The Bertz CT molecular complexity index is 670. The molecule has 6 nitrogen and oxygen atoms in total. The first-order chi connectivity index (χ1) is 10.1. The van der Waals surface area contributed by atoms with E-state index in [0.29, 0.717) is 30.0 Å². The Balaban J connectivity index is 1.95. The Morgan fingerprint density at radius 2 is 1.90 bits per heavy atom. The van der Waals surface area contributed by atoms with Crippen LogP contribution in [0.15, 0.2) is 30.3 Å². The molecule has 0 radical (unpaired) electrons. The second kappa shape index (κ2) is 6.69. The Labute approximate surface area is 122 Å². The lowest BCUT2D eigenvalue weighted by atomic mass is 10.1. The predicted molar refractivity (Wildman–Crippen MR) is 81.6 cm³/mol. The molecule has 0 aliphatic carbocycles. The third-order valence-corrected chi connectivity index (χ3v) is 2.97. The minimum atomic E-state index is -0.137. The SMILES string of the molecule is CC(=O)NCCNC(=O)Cc1ccc2cccc(N)c2n1. The van der Waals surface area contributed by atoms with Gasteiger partial charge in [-0.15, -0.1) is 0 Å². The van der Waals surface area contributed by atoms with Crippen LogP contribution in [0.1, 0.15) is 12.6 Å². The average Bonchev–Trinajstić information content (AvgIpc) is 2.44. The molecular weight excluding hydrogens is 268 g/mol. The van der Waals surface area contributed by atoms with Crippen molar-refractivity contribution in [2.45, 2.75) is 13.3 Å². The molecule has 6 heteroatoms. The summed E-state index contributed by atoms with van der Waals surface area (Å²) in [5.41, 5.74) is 7.85. The van der Waals surface area contributed by atoms with E-state index in [0.717, 1.165) is 5.39 Å². The summed E-state index contributed by atoms with van der Waals surface area (Å²) in [6.45, 7) is 2.25. The topological polar surface area (TPSA) is 97.1 Å². The van der Waals surface area contributed by atoms with Crippen molar-refractivity contribution in [3.8, 4) is 0 Å². The molecule has 1 aromatic heterocycles. The summed E-state index contributed by atoms with van der Waals surface area (Å²) in [7, 11) is 0. The number of nitrogens with two attached hydrogens (primary N) is 1. The first-order valence-electron chi connectivity index (χ1n) is 6.71. The van der Waals surface area contributed by atoms with Gasteiger partial charge in [0.2, 0.25) is 11.8 Å². The predicted octanol–water partition coefficient (Wildman–Crippen LogP) is 0.612. The largest absolute Gasteiger partial charge is 0.397 e. The molecule has 2 amide bonds. The molecular formula is C15H18N4O2. The van der Waals surface area contributed by atoms with Crippen molar-refractivity contribution in [3.63, 3.8) is 0 Å². The van der Waals surface area contributed by atoms with Crippen molar-refractivity contribution < 1.29 is 9.59 Å². The molecule has 0 atom stereocenters. The number of hydrogen-bond acceptors (Lipinski definition) is 4. The van der Waals surface area contributed by atoms with Crippen molar-refractivity contribution in [2.24, 2.45) is 0 Å². The normalized spacial score (nSPS) is 10.3. The van der Waals surface area contributed by atoms with Gasteiger partial charge in [-0.1, -0.05) is 18.2 Å². The molecule has 2 aromatic rings. The van der Waals surface area contributed by atoms with Gasteiger partial charge in [0.25, 0.3) is 0 Å². The fourth-order valence-electron chi connectivity index (χ4n) is 1.98. The van der Waals surface area contributed by atoms with Crippen molar-refractivity contribution in [3.05, 3.63) is 36.0 Å². The lowest BCUT2D eigenvalue weighted by Gasteiger charge is -2.07. The molecule has 4 N–H and O–H groups in total. The number of carbonyl (C=O) groups excluding carboxylic acids is 2. The fourth-order valence-corrected chi connectivity index (χ4v) is 1.98. The molecule has 0 bridgehead atoms. The quantitative estimate of drug-likeness (QED) is 0.554. The summed E-state index contributed by atoms with van der Waals surface area (Å²) in [6, 6.07) is 9.30. The second-order valence-corrected chi connectivity index (χ2v) is 4.73. The Kier molecular flexibility index (Phi) is 4.71. The molecule has 0 aliphatic rings. The van der Waals surface area contributed by atoms with Crippen LogP contribution in [0.25, 0.3) is 10.9 Å². The van der Waals surface area contributed by atoms with E-state index in [1.165, 1.54) is 6.92 Å². The molecule has 0 fully saturated rings. The van der Waals surface area contributed by atoms with Crippen LogP contribution < -0.4 is 16.4 Å². The van der Waals surface area contributed by atoms with Crippen LogP contribution in [-0.2, 0) is 16.0 Å². The van der Waals surface area contributed by atoms with Crippen molar-refractivity contribution in [2.75, 3.05) is 18.8 Å². The number of nitrogens with zero attached hydrogens (tertiary/aromatic N) is 1. The number of nitrogen functional groups attached to an aromatic ring is 1. The zero-order valence-electron chi connectivity index (χ0n) is 11.8.